The second-order valence-electron chi connectivity index (χ2n) is 6.13. The average Bonchev–Trinajstić information content (AvgIpc) is 3.32. The maximum absolute atomic E-state index is 12.9. The number of carbonyl (C=O) groups is 1. The third-order valence-corrected chi connectivity index (χ3v) is 4.30. The van der Waals surface area contributed by atoms with Crippen molar-refractivity contribution in [2.45, 2.75) is 19.8 Å². The molecule has 0 atom stereocenters. The molecule has 5 nitrogen and oxygen atoms in total. The van der Waals surface area contributed by atoms with Crippen LogP contribution >= 0.6 is 0 Å². The normalized spacial score (nSPS) is 14.0. The summed E-state index contributed by atoms with van der Waals surface area (Å²) in [4.78, 5) is 14.8. The predicted molar refractivity (Wildman–Crippen MR) is 89.3 cm³/mol. The summed E-state index contributed by atoms with van der Waals surface area (Å²) in [6.07, 6.45) is 2.43. The highest BCUT2D eigenvalue weighted by molar-refractivity contribution is 5.95. The highest BCUT2D eigenvalue weighted by atomic mass is 16.5. The molecule has 3 rings (SSSR count). The molecule has 0 unspecified atom stereocenters. The zero-order valence-electron chi connectivity index (χ0n) is 13.7. The van der Waals surface area contributed by atoms with Gasteiger partial charge in [-0.1, -0.05) is 30.3 Å². The Balaban J connectivity index is 1.81. The molecule has 1 N–H and O–H groups in total. The van der Waals surface area contributed by atoms with E-state index >= 15 is 0 Å². The minimum atomic E-state index is 0.0149. The number of carbonyl (C=O) groups excluding carboxylic acids is 1. The van der Waals surface area contributed by atoms with Crippen LogP contribution < -0.4 is 0 Å². The summed E-state index contributed by atoms with van der Waals surface area (Å²) in [7, 11) is 1.66. The van der Waals surface area contributed by atoms with E-state index in [1.807, 2.05) is 42.2 Å². The third kappa shape index (κ3) is 3.62. The van der Waals surface area contributed by atoms with E-state index in [-0.39, 0.29) is 5.91 Å². The zero-order valence-corrected chi connectivity index (χ0v) is 13.7. The van der Waals surface area contributed by atoms with Crippen LogP contribution in [0, 0.1) is 12.8 Å². The van der Waals surface area contributed by atoms with Crippen LogP contribution in [0.3, 0.4) is 0 Å². The fraction of sp³-hybridized carbons (Fsp3) is 0.444. The van der Waals surface area contributed by atoms with Gasteiger partial charge in [0.05, 0.1) is 12.3 Å². The summed E-state index contributed by atoms with van der Waals surface area (Å²) in [5.74, 6) is 0.661. The number of ether oxygens (including phenoxy) is 1. The molecule has 1 heterocycles. The van der Waals surface area contributed by atoms with Gasteiger partial charge < -0.3 is 9.64 Å². The fourth-order valence-electron chi connectivity index (χ4n) is 2.73. The van der Waals surface area contributed by atoms with Crippen LogP contribution in [-0.2, 0) is 4.74 Å². The van der Waals surface area contributed by atoms with Crippen molar-refractivity contribution in [1.29, 1.82) is 0 Å². The number of aromatic amines is 1. The van der Waals surface area contributed by atoms with Gasteiger partial charge in [0, 0.05) is 31.3 Å². The minimum Gasteiger partial charge on any atom is -0.383 e. The van der Waals surface area contributed by atoms with E-state index in [9.17, 15) is 4.79 Å². The molecule has 0 radical (unpaired) electrons. The molecule has 1 amide bonds. The Morgan fingerprint density at radius 3 is 2.74 bits per heavy atom. The van der Waals surface area contributed by atoms with Crippen LogP contribution in [0.25, 0.3) is 11.3 Å². The maximum Gasteiger partial charge on any atom is 0.272 e. The van der Waals surface area contributed by atoms with Crippen molar-refractivity contribution in [2.24, 2.45) is 5.92 Å². The lowest BCUT2D eigenvalue weighted by Crippen LogP contribution is -2.36. The number of nitrogens with one attached hydrogen (secondary N) is 1. The van der Waals surface area contributed by atoms with Crippen LogP contribution in [0.5, 0.6) is 0 Å². The second kappa shape index (κ2) is 6.96. The molecule has 23 heavy (non-hydrogen) atoms. The Hall–Kier alpha value is -2.14. The summed E-state index contributed by atoms with van der Waals surface area (Å²) in [6.45, 7) is 3.92. The molecule has 0 bridgehead atoms. The Morgan fingerprint density at radius 2 is 2.09 bits per heavy atom. The zero-order chi connectivity index (χ0) is 16.2. The molecule has 5 heteroatoms. The number of hydrogen-bond acceptors (Lipinski definition) is 3. The Labute approximate surface area is 136 Å². The van der Waals surface area contributed by atoms with Crippen LogP contribution in [0.4, 0.5) is 0 Å². The molecule has 122 valence electrons. The van der Waals surface area contributed by atoms with Crippen molar-refractivity contribution in [3.8, 4) is 11.3 Å². The number of amides is 1. The van der Waals surface area contributed by atoms with Gasteiger partial charge >= 0.3 is 0 Å². The van der Waals surface area contributed by atoms with Gasteiger partial charge in [-0.2, -0.15) is 5.10 Å². The Morgan fingerprint density at radius 1 is 1.35 bits per heavy atom. The molecule has 1 aromatic heterocycles. The minimum absolute atomic E-state index is 0.0149. The Kier molecular flexibility index (Phi) is 4.76. The number of H-pyrrole nitrogens is 1. The standard InChI is InChI=1S/C18H23N3O2/c1-13-16(15-6-4-3-5-7-15)19-20-17(13)18(22)21(10-11-23-2)12-14-8-9-14/h3-7,14H,8-12H2,1-2H3,(H,19,20). The monoisotopic (exact) mass is 313 g/mol. The summed E-state index contributed by atoms with van der Waals surface area (Å²) in [5.41, 5.74) is 3.35. The van der Waals surface area contributed by atoms with Crippen LogP contribution in [0.1, 0.15) is 28.9 Å². The van der Waals surface area contributed by atoms with Gasteiger partial charge in [-0.25, -0.2) is 0 Å². The number of methoxy groups -OCH3 is 1. The van der Waals surface area contributed by atoms with Crippen LogP contribution in [0.2, 0.25) is 0 Å². The number of rotatable bonds is 7. The topological polar surface area (TPSA) is 58.2 Å². The first kappa shape index (κ1) is 15.7. The van der Waals surface area contributed by atoms with E-state index in [1.54, 1.807) is 7.11 Å². The van der Waals surface area contributed by atoms with E-state index in [0.717, 1.165) is 23.4 Å². The molecular weight excluding hydrogens is 290 g/mol. The molecule has 2 aromatic rings. The van der Waals surface area contributed by atoms with Gasteiger partial charge in [-0.05, 0) is 25.7 Å². The van der Waals surface area contributed by atoms with E-state index in [4.69, 9.17) is 4.74 Å². The lowest BCUT2D eigenvalue weighted by Gasteiger charge is -2.22. The molecule has 1 aliphatic carbocycles. The highest BCUT2D eigenvalue weighted by Gasteiger charge is 2.29. The maximum atomic E-state index is 12.9. The van der Waals surface area contributed by atoms with Gasteiger partial charge in [-0.3, -0.25) is 9.89 Å². The van der Waals surface area contributed by atoms with Gasteiger partial charge in [0.15, 0.2) is 0 Å². The highest BCUT2D eigenvalue weighted by Crippen LogP contribution is 2.30. The second-order valence-corrected chi connectivity index (χ2v) is 6.13. The molecular formula is C18H23N3O2. The number of aromatic nitrogens is 2. The van der Waals surface area contributed by atoms with E-state index in [2.05, 4.69) is 10.2 Å². The summed E-state index contributed by atoms with van der Waals surface area (Å²) < 4.78 is 5.15. The van der Waals surface area contributed by atoms with E-state index in [0.29, 0.717) is 24.8 Å². The predicted octanol–water partition coefficient (Wildman–Crippen LogP) is 2.88. The van der Waals surface area contributed by atoms with Gasteiger partial charge in [0.25, 0.3) is 5.91 Å². The summed E-state index contributed by atoms with van der Waals surface area (Å²) in [6, 6.07) is 9.93. The summed E-state index contributed by atoms with van der Waals surface area (Å²) in [5, 5.41) is 7.30. The van der Waals surface area contributed by atoms with Crippen molar-refractivity contribution >= 4 is 5.91 Å². The average molecular weight is 313 g/mol. The van der Waals surface area contributed by atoms with Crippen molar-refractivity contribution in [1.82, 2.24) is 15.1 Å². The fourth-order valence-corrected chi connectivity index (χ4v) is 2.73. The first-order chi connectivity index (χ1) is 11.2. The van der Waals surface area contributed by atoms with Crippen molar-refractivity contribution in [3.05, 3.63) is 41.6 Å². The first-order valence-corrected chi connectivity index (χ1v) is 8.09. The van der Waals surface area contributed by atoms with Gasteiger partial charge in [0.2, 0.25) is 0 Å². The molecule has 0 aliphatic heterocycles. The lowest BCUT2D eigenvalue weighted by atomic mass is 10.1. The van der Waals surface area contributed by atoms with Crippen molar-refractivity contribution < 1.29 is 9.53 Å². The largest absolute Gasteiger partial charge is 0.383 e. The first-order valence-electron chi connectivity index (χ1n) is 8.09. The van der Waals surface area contributed by atoms with E-state index in [1.165, 1.54) is 12.8 Å². The van der Waals surface area contributed by atoms with Crippen molar-refractivity contribution in [2.75, 3.05) is 26.8 Å². The van der Waals surface area contributed by atoms with Crippen LogP contribution in [-0.4, -0.2) is 47.8 Å². The smallest absolute Gasteiger partial charge is 0.272 e. The van der Waals surface area contributed by atoms with Gasteiger partial charge in [-0.15, -0.1) is 0 Å². The van der Waals surface area contributed by atoms with Crippen LogP contribution in [0.15, 0.2) is 30.3 Å². The lowest BCUT2D eigenvalue weighted by molar-refractivity contribution is 0.0679. The SMILES string of the molecule is COCCN(CC1CC1)C(=O)c1[nH]nc(-c2ccccc2)c1C. The third-order valence-electron chi connectivity index (χ3n) is 4.30. The number of benzene rings is 1. The quantitative estimate of drug-likeness (QED) is 0.855. The molecule has 1 aliphatic rings. The van der Waals surface area contributed by atoms with Crippen molar-refractivity contribution in [3.63, 3.8) is 0 Å². The molecule has 1 aromatic carbocycles. The molecule has 1 saturated carbocycles. The Bertz CT molecular complexity index is 662. The molecule has 1 fully saturated rings. The molecule has 0 saturated heterocycles. The molecule has 0 spiro atoms. The van der Waals surface area contributed by atoms with E-state index < -0.39 is 0 Å². The number of hydrogen-bond donors (Lipinski definition) is 1. The summed E-state index contributed by atoms with van der Waals surface area (Å²) >= 11 is 0. The van der Waals surface area contributed by atoms with Gasteiger partial charge in [0.1, 0.15) is 5.69 Å². The number of nitrogens with zero attached hydrogens (tertiary/aromatic N) is 2.